The van der Waals surface area contributed by atoms with Gasteiger partial charge in [-0.25, -0.2) is 13.1 Å². The molecule has 1 N–H and O–H groups in total. The van der Waals surface area contributed by atoms with Gasteiger partial charge in [0.25, 0.3) is 0 Å². The van der Waals surface area contributed by atoms with Crippen LogP contribution in [0.25, 0.3) is 0 Å². The summed E-state index contributed by atoms with van der Waals surface area (Å²) in [5.41, 5.74) is 1.13. The number of nitrogens with zero attached hydrogens (tertiary/aromatic N) is 2. The highest BCUT2D eigenvalue weighted by Gasteiger charge is 2.20. The number of benzene rings is 2. The molecule has 0 unspecified atom stereocenters. The van der Waals surface area contributed by atoms with E-state index in [9.17, 15) is 8.42 Å². The zero-order chi connectivity index (χ0) is 20.0. The summed E-state index contributed by atoms with van der Waals surface area (Å²) in [5, 5.41) is 0. The minimum Gasteiger partial charge on any atom is -0.495 e. The van der Waals surface area contributed by atoms with Gasteiger partial charge in [-0.3, -0.25) is 4.90 Å². The van der Waals surface area contributed by atoms with E-state index in [0.29, 0.717) is 11.0 Å². The smallest absolute Gasteiger partial charge is 0.241 e. The van der Waals surface area contributed by atoms with E-state index in [2.05, 4.69) is 36.5 Å². The van der Waals surface area contributed by atoms with Crippen molar-refractivity contribution in [2.24, 2.45) is 0 Å². The van der Waals surface area contributed by atoms with E-state index < -0.39 is 10.0 Å². The molecule has 0 aromatic heterocycles. The molecule has 1 aliphatic heterocycles. The molecule has 1 aliphatic rings. The average molecular weight is 468 g/mol. The Kier molecular flexibility index (Phi) is 7.34. The number of methoxy groups -OCH3 is 1. The standard InChI is InChI=1S/C20H26BrN3O3S/c1-27-19-9-4-3-8-18(19)24-15-13-23(14-16-24)12-6-11-22-28(25,26)20-10-5-2-7-17(20)21/h2-5,7-10,22H,6,11-16H2,1H3. The number of halogens is 1. The van der Waals surface area contributed by atoms with Gasteiger partial charge in [-0.1, -0.05) is 24.3 Å². The fraction of sp³-hybridized carbons (Fsp3) is 0.400. The van der Waals surface area contributed by atoms with E-state index in [1.807, 2.05) is 18.2 Å². The lowest BCUT2D eigenvalue weighted by atomic mass is 10.2. The maximum atomic E-state index is 12.4. The van der Waals surface area contributed by atoms with Crippen molar-refractivity contribution in [2.45, 2.75) is 11.3 Å². The van der Waals surface area contributed by atoms with E-state index in [-0.39, 0.29) is 4.90 Å². The van der Waals surface area contributed by atoms with Gasteiger partial charge in [-0.05, 0) is 53.2 Å². The summed E-state index contributed by atoms with van der Waals surface area (Å²) < 4.78 is 33.5. The largest absolute Gasteiger partial charge is 0.495 e. The van der Waals surface area contributed by atoms with E-state index >= 15 is 0 Å². The number of ether oxygens (including phenoxy) is 1. The van der Waals surface area contributed by atoms with Crippen LogP contribution in [0.2, 0.25) is 0 Å². The predicted molar refractivity (Wildman–Crippen MR) is 116 cm³/mol. The predicted octanol–water partition coefficient (Wildman–Crippen LogP) is 2.95. The van der Waals surface area contributed by atoms with Crippen molar-refractivity contribution < 1.29 is 13.2 Å². The highest BCUT2D eigenvalue weighted by atomic mass is 79.9. The molecule has 1 saturated heterocycles. The average Bonchev–Trinajstić information content (AvgIpc) is 2.72. The van der Waals surface area contributed by atoms with Gasteiger partial charge in [0.15, 0.2) is 0 Å². The lowest BCUT2D eigenvalue weighted by molar-refractivity contribution is 0.254. The Labute approximate surface area is 175 Å². The molecule has 0 radical (unpaired) electrons. The number of hydrogen-bond donors (Lipinski definition) is 1. The van der Waals surface area contributed by atoms with E-state index in [1.165, 1.54) is 0 Å². The SMILES string of the molecule is COc1ccccc1N1CCN(CCCNS(=O)(=O)c2ccccc2Br)CC1. The zero-order valence-electron chi connectivity index (χ0n) is 16.0. The van der Waals surface area contributed by atoms with Gasteiger partial charge in [0.2, 0.25) is 10.0 Å². The third kappa shape index (κ3) is 5.26. The Bertz CT molecular complexity index is 884. The Hall–Kier alpha value is -1.61. The van der Waals surface area contributed by atoms with E-state index in [4.69, 9.17) is 4.74 Å². The molecule has 0 atom stereocenters. The van der Waals surface area contributed by atoms with Crippen LogP contribution in [0.3, 0.4) is 0 Å². The number of anilines is 1. The van der Waals surface area contributed by atoms with Crippen LogP contribution in [-0.2, 0) is 10.0 Å². The van der Waals surface area contributed by atoms with Crippen LogP contribution < -0.4 is 14.4 Å². The first-order valence-electron chi connectivity index (χ1n) is 9.36. The number of rotatable bonds is 8. The normalized spacial score (nSPS) is 15.6. The quantitative estimate of drug-likeness (QED) is 0.604. The van der Waals surface area contributed by atoms with Crippen molar-refractivity contribution >= 4 is 31.6 Å². The topological polar surface area (TPSA) is 61.9 Å². The van der Waals surface area contributed by atoms with Gasteiger partial charge in [0.1, 0.15) is 5.75 Å². The molecule has 8 heteroatoms. The van der Waals surface area contributed by atoms with Gasteiger partial charge >= 0.3 is 0 Å². The zero-order valence-corrected chi connectivity index (χ0v) is 18.4. The van der Waals surface area contributed by atoms with Gasteiger partial charge in [0, 0.05) is 37.2 Å². The molecule has 28 heavy (non-hydrogen) atoms. The van der Waals surface area contributed by atoms with Crippen LogP contribution >= 0.6 is 15.9 Å². The molecule has 0 bridgehead atoms. The van der Waals surface area contributed by atoms with Gasteiger partial charge in [-0.15, -0.1) is 0 Å². The molecular formula is C20H26BrN3O3S. The van der Waals surface area contributed by atoms with Crippen LogP contribution in [0.5, 0.6) is 5.75 Å². The van der Waals surface area contributed by atoms with Crippen LogP contribution in [0.4, 0.5) is 5.69 Å². The summed E-state index contributed by atoms with van der Waals surface area (Å²) in [7, 11) is -1.79. The summed E-state index contributed by atoms with van der Waals surface area (Å²) in [6.45, 7) is 5.07. The van der Waals surface area contributed by atoms with Crippen LogP contribution in [0.15, 0.2) is 57.9 Å². The lowest BCUT2D eigenvalue weighted by Crippen LogP contribution is -2.47. The molecule has 6 nitrogen and oxygen atoms in total. The van der Waals surface area contributed by atoms with Crippen molar-refractivity contribution in [3.63, 3.8) is 0 Å². The maximum Gasteiger partial charge on any atom is 0.241 e. The van der Waals surface area contributed by atoms with Crippen molar-refractivity contribution in [1.29, 1.82) is 0 Å². The van der Waals surface area contributed by atoms with Crippen molar-refractivity contribution in [2.75, 3.05) is 51.3 Å². The highest BCUT2D eigenvalue weighted by molar-refractivity contribution is 9.10. The fourth-order valence-corrected chi connectivity index (χ4v) is 5.43. The lowest BCUT2D eigenvalue weighted by Gasteiger charge is -2.36. The Morgan fingerprint density at radius 1 is 1.04 bits per heavy atom. The van der Waals surface area contributed by atoms with Gasteiger partial charge < -0.3 is 9.64 Å². The number of sulfonamides is 1. The number of nitrogens with one attached hydrogen (secondary N) is 1. The summed E-state index contributed by atoms with van der Waals surface area (Å²) >= 11 is 3.30. The molecule has 2 aromatic rings. The van der Waals surface area contributed by atoms with Crippen molar-refractivity contribution in [1.82, 2.24) is 9.62 Å². The first kappa shape index (κ1) is 21.1. The molecule has 1 heterocycles. The van der Waals surface area contributed by atoms with Crippen molar-refractivity contribution in [3.05, 3.63) is 53.0 Å². The molecular weight excluding hydrogens is 442 g/mol. The molecule has 0 amide bonds. The van der Waals surface area contributed by atoms with Crippen LogP contribution in [0, 0.1) is 0 Å². The molecule has 3 rings (SSSR count). The molecule has 2 aromatic carbocycles. The summed E-state index contributed by atoms with van der Waals surface area (Å²) in [6, 6.07) is 14.9. The molecule has 1 fully saturated rings. The second-order valence-electron chi connectivity index (χ2n) is 6.68. The monoisotopic (exact) mass is 467 g/mol. The molecule has 0 aliphatic carbocycles. The molecule has 152 valence electrons. The van der Waals surface area contributed by atoms with Gasteiger partial charge in [0.05, 0.1) is 17.7 Å². The first-order valence-corrected chi connectivity index (χ1v) is 11.6. The Morgan fingerprint density at radius 2 is 1.71 bits per heavy atom. The highest BCUT2D eigenvalue weighted by Crippen LogP contribution is 2.28. The molecule has 0 spiro atoms. The first-order chi connectivity index (χ1) is 13.5. The van der Waals surface area contributed by atoms with Crippen molar-refractivity contribution in [3.8, 4) is 5.75 Å². The van der Waals surface area contributed by atoms with E-state index in [1.54, 1.807) is 31.4 Å². The van der Waals surface area contributed by atoms with Gasteiger partial charge in [-0.2, -0.15) is 0 Å². The Balaban J connectivity index is 1.43. The molecule has 0 saturated carbocycles. The fourth-order valence-electron chi connectivity index (χ4n) is 3.35. The summed E-state index contributed by atoms with van der Waals surface area (Å²) in [4.78, 5) is 4.99. The summed E-state index contributed by atoms with van der Waals surface area (Å²) in [5.74, 6) is 0.900. The second-order valence-corrected chi connectivity index (χ2v) is 9.27. The third-order valence-electron chi connectivity index (χ3n) is 4.87. The van der Waals surface area contributed by atoms with Crippen LogP contribution in [-0.4, -0.2) is 59.7 Å². The third-order valence-corrected chi connectivity index (χ3v) is 7.34. The number of piperazine rings is 1. The second kappa shape index (κ2) is 9.73. The number of hydrogen-bond acceptors (Lipinski definition) is 5. The van der Waals surface area contributed by atoms with Crippen LogP contribution in [0.1, 0.15) is 6.42 Å². The summed E-state index contributed by atoms with van der Waals surface area (Å²) in [6.07, 6.45) is 0.776. The maximum absolute atomic E-state index is 12.4. The minimum absolute atomic E-state index is 0.278. The number of para-hydroxylation sites is 2. The van der Waals surface area contributed by atoms with E-state index in [0.717, 1.165) is 50.6 Å². The Morgan fingerprint density at radius 3 is 2.43 bits per heavy atom. The minimum atomic E-state index is -3.48.